The average Bonchev–Trinajstić information content (AvgIpc) is 2.30. The quantitative estimate of drug-likeness (QED) is 0.701. The Morgan fingerprint density at radius 3 is 2.56 bits per heavy atom. The molecule has 0 radical (unpaired) electrons. The molecule has 0 N–H and O–H groups in total. The molecule has 0 spiro atoms. The van der Waals surface area contributed by atoms with Crippen LogP contribution in [0.1, 0.15) is 13.8 Å². The molecule has 1 unspecified atom stereocenters. The van der Waals surface area contributed by atoms with Crippen LogP contribution in [0.5, 0.6) is 0 Å². The van der Waals surface area contributed by atoms with E-state index in [1.165, 1.54) is 8.61 Å². The fourth-order valence-corrected chi connectivity index (χ4v) is 4.26. The molecule has 1 saturated heterocycles. The van der Waals surface area contributed by atoms with Gasteiger partial charge in [-0.25, -0.2) is 0 Å². The summed E-state index contributed by atoms with van der Waals surface area (Å²) in [6.07, 6.45) is 0. The van der Waals surface area contributed by atoms with Crippen molar-refractivity contribution in [3.8, 4) is 0 Å². The molecule has 0 aromatic rings. The molecule has 7 heteroatoms. The second-order valence-corrected chi connectivity index (χ2v) is 6.11. The molecule has 1 atom stereocenters. The second-order valence-electron chi connectivity index (χ2n) is 3.59. The van der Waals surface area contributed by atoms with E-state index in [0.717, 1.165) is 0 Å². The molecular weight excluding hydrogens is 296 g/mol. The van der Waals surface area contributed by atoms with Gasteiger partial charge in [0.1, 0.15) is 0 Å². The summed E-state index contributed by atoms with van der Waals surface area (Å²) in [5.74, 6) is 0. The van der Waals surface area contributed by atoms with E-state index < -0.39 is 10.2 Å². The van der Waals surface area contributed by atoms with Crippen LogP contribution < -0.4 is 0 Å². The molecular formula is C9H19BrN2O3S. The summed E-state index contributed by atoms with van der Waals surface area (Å²) >= 11 is 3.33. The first kappa shape index (κ1) is 14.4. The van der Waals surface area contributed by atoms with Crippen LogP contribution in [0.15, 0.2) is 0 Å². The van der Waals surface area contributed by atoms with Crippen LogP contribution in [0, 0.1) is 0 Å². The van der Waals surface area contributed by atoms with Gasteiger partial charge >= 0.3 is 0 Å². The third kappa shape index (κ3) is 2.95. The lowest BCUT2D eigenvalue weighted by atomic mass is 10.3. The molecule has 0 amide bonds. The van der Waals surface area contributed by atoms with Gasteiger partial charge in [-0.05, 0) is 0 Å². The van der Waals surface area contributed by atoms with Crippen LogP contribution in [0.4, 0.5) is 0 Å². The van der Waals surface area contributed by atoms with E-state index in [4.69, 9.17) is 4.74 Å². The van der Waals surface area contributed by atoms with E-state index in [-0.39, 0.29) is 6.04 Å². The van der Waals surface area contributed by atoms with E-state index >= 15 is 0 Å². The highest BCUT2D eigenvalue weighted by atomic mass is 79.9. The summed E-state index contributed by atoms with van der Waals surface area (Å²) < 4.78 is 32.9. The number of hydrogen-bond donors (Lipinski definition) is 0. The maximum atomic E-state index is 12.3. The summed E-state index contributed by atoms with van der Waals surface area (Å²) in [6, 6.07) is -0.0978. The van der Waals surface area contributed by atoms with Crippen molar-refractivity contribution in [3.63, 3.8) is 0 Å². The highest BCUT2D eigenvalue weighted by molar-refractivity contribution is 9.09. The van der Waals surface area contributed by atoms with Crippen LogP contribution in [-0.2, 0) is 14.9 Å². The molecule has 0 aromatic carbocycles. The number of rotatable bonds is 5. The fraction of sp³-hybridized carbons (Fsp3) is 1.00. The SMILES string of the molecule is CCN(CC)S(=O)(=O)N1CCOCC1CBr. The number of nitrogens with zero attached hydrogens (tertiary/aromatic N) is 2. The van der Waals surface area contributed by atoms with Crippen molar-refractivity contribution in [3.05, 3.63) is 0 Å². The fourth-order valence-electron chi connectivity index (χ4n) is 1.76. The normalized spacial score (nSPS) is 23.9. The lowest BCUT2D eigenvalue weighted by Crippen LogP contribution is -2.54. The van der Waals surface area contributed by atoms with Crippen molar-refractivity contribution in [2.24, 2.45) is 0 Å². The molecule has 5 nitrogen and oxygen atoms in total. The van der Waals surface area contributed by atoms with Crippen molar-refractivity contribution >= 4 is 26.1 Å². The lowest BCUT2D eigenvalue weighted by Gasteiger charge is -2.36. The molecule has 0 aromatic heterocycles. The smallest absolute Gasteiger partial charge is 0.282 e. The van der Waals surface area contributed by atoms with E-state index in [1.807, 2.05) is 13.8 Å². The number of ether oxygens (including phenoxy) is 1. The predicted octanol–water partition coefficient (Wildman–Crippen LogP) is 0.669. The van der Waals surface area contributed by atoms with Gasteiger partial charge in [0.25, 0.3) is 10.2 Å². The van der Waals surface area contributed by atoms with Gasteiger partial charge in [0.05, 0.1) is 19.3 Å². The highest BCUT2D eigenvalue weighted by Gasteiger charge is 2.35. The summed E-state index contributed by atoms with van der Waals surface area (Å²) in [6.45, 7) is 6.09. The van der Waals surface area contributed by atoms with Gasteiger partial charge in [0, 0.05) is 25.0 Å². The van der Waals surface area contributed by atoms with Crippen molar-refractivity contribution in [1.29, 1.82) is 0 Å². The van der Waals surface area contributed by atoms with Crippen molar-refractivity contribution in [2.75, 3.05) is 38.2 Å². The van der Waals surface area contributed by atoms with Crippen LogP contribution >= 0.6 is 15.9 Å². The van der Waals surface area contributed by atoms with Gasteiger partial charge < -0.3 is 4.74 Å². The average molecular weight is 315 g/mol. The van der Waals surface area contributed by atoms with Crippen LogP contribution in [0.25, 0.3) is 0 Å². The molecule has 1 fully saturated rings. The van der Waals surface area contributed by atoms with Gasteiger partial charge in [-0.15, -0.1) is 0 Å². The summed E-state index contributed by atoms with van der Waals surface area (Å²) in [4.78, 5) is 0. The maximum Gasteiger partial charge on any atom is 0.282 e. The predicted molar refractivity (Wildman–Crippen MR) is 66.9 cm³/mol. The minimum Gasteiger partial charge on any atom is -0.378 e. The van der Waals surface area contributed by atoms with Crippen molar-refractivity contribution < 1.29 is 13.2 Å². The van der Waals surface area contributed by atoms with Crippen LogP contribution in [0.3, 0.4) is 0 Å². The Morgan fingerprint density at radius 2 is 2.06 bits per heavy atom. The monoisotopic (exact) mass is 314 g/mol. The molecule has 1 aliphatic rings. The number of alkyl halides is 1. The Kier molecular flexibility index (Phi) is 5.66. The standard InChI is InChI=1S/C9H19BrN2O3S/c1-3-11(4-2)16(13,14)12-5-6-15-8-9(12)7-10/h9H,3-8H2,1-2H3. The largest absolute Gasteiger partial charge is 0.378 e. The number of halogens is 1. The molecule has 1 aliphatic heterocycles. The Bertz CT molecular complexity index is 306. The highest BCUT2D eigenvalue weighted by Crippen LogP contribution is 2.17. The summed E-state index contributed by atoms with van der Waals surface area (Å²) in [7, 11) is -3.33. The molecule has 0 saturated carbocycles. The Morgan fingerprint density at radius 1 is 1.44 bits per heavy atom. The van der Waals surface area contributed by atoms with Crippen LogP contribution in [-0.4, -0.2) is 61.2 Å². The first-order chi connectivity index (χ1) is 7.57. The molecule has 1 rings (SSSR count). The van der Waals surface area contributed by atoms with Gasteiger partial charge in [-0.2, -0.15) is 17.0 Å². The lowest BCUT2D eigenvalue weighted by molar-refractivity contribution is 0.0385. The van der Waals surface area contributed by atoms with E-state index in [2.05, 4.69) is 15.9 Å². The summed E-state index contributed by atoms with van der Waals surface area (Å²) in [5.41, 5.74) is 0. The number of morpholine rings is 1. The molecule has 16 heavy (non-hydrogen) atoms. The van der Waals surface area contributed by atoms with E-state index in [9.17, 15) is 8.42 Å². The van der Waals surface area contributed by atoms with E-state index in [0.29, 0.717) is 38.2 Å². The Balaban J connectivity index is 2.87. The maximum absolute atomic E-state index is 12.3. The number of hydrogen-bond acceptors (Lipinski definition) is 3. The topological polar surface area (TPSA) is 49.9 Å². The third-order valence-corrected chi connectivity index (χ3v) is 5.67. The van der Waals surface area contributed by atoms with Gasteiger partial charge in [0.2, 0.25) is 0 Å². The Labute approximate surface area is 106 Å². The van der Waals surface area contributed by atoms with Gasteiger partial charge in [-0.3, -0.25) is 0 Å². The molecule has 0 aliphatic carbocycles. The molecule has 1 heterocycles. The summed E-state index contributed by atoms with van der Waals surface area (Å²) in [5, 5.41) is 0.605. The Hall–Kier alpha value is 0.310. The van der Waals surface area contributed by atoms with Crippen molar-refractivity contribution in [1.82, 2.24) is 8.61 Å². The molecule has 96 valence electrons. The van der Waals surface area contributed by atoms with Crippen LogP contribution in [0.2, 0.25) is 0 Å². The zero-order valence-electron chi connectivity index (χ0n) is 9.73. The van der Waals surface area contributed by atoms with Gasteiger partial charge in [-0.1, -0.05) is 29.8 Å². The minimum absolute atomic E-state index is 0.0978. The second kappa shape index (κ2) is 6.30. The molecule has 0 bridgehead atoms. The van der Waals surface area contributed by atoms with E-state index in [1.54, 1.807) is 0 Å². The first-order valence-corrected chi connectivity index (χ1v) is 8.00. The minimum atomic E-state index is -3.33. The zero-order chi connectivity index (χ0) is 12.2. The van der Waals surface area contributed by atoms with Gasteiger partial charge in [0.15, 0.2) is 0 Å². The first-order valence-electron chi connectivity index (χ1n) is 5.48. The third-order valence-electron chi connectivity index (χ3n) is 2.68. The van der Waals surface area contributed by atoms with Crippen molar-refractivity contribution in [2.45, 2.75) is 19.9 Å². The zero-order valence-corrected chi connectivity index (χ0v) is 12.1.